The second kappa shape index (κ2) is 6.11. The lowest BCUT2D eigenvalue weighted by molar-refractivity contribution is 0.0276. The van der Waals surface area contributed by atoms with Crippen molar-refractivity contribution < 1.29 is 13.2 Å². The molecule has 1 saturated carbocycles. The third-order valence-corrected chi connectivity index (χ3v) is 6.26. The molecule has 0 unspecified atom stereocenters. The molecule has 114 valence electrons. The minimum Gasteiger partial charge on any atom is -0.377 e. The van der Waals surface area contributed by atoms with E-state index in [0.29, 0.717) is 10.3 Å². The molecular weight excluding hydrogens is 296 g/mol. The summed E-state index contributed by atoms with van der Waals surface area (Å²) in [7, 11) is -1.87. The number of sulfonamides is 1. The first-order valence-corrected chi connectivity index (χ1v) is 8.99. The zero-order valence-electron chi connectivity index (χ0n) is 12.1. The maximum absolute atomic E-state index is 12.2. The molecule has 0 saturated heterocycles. The normalized spacial score (nSPS) is 16.6. The van der Waals surface area contributed by atoms with Gasteiger partial charge in [-0.2, -0.15) is 0 Å². The van der Waals surface area contributed by atoms with Gasteiger partial charge in [0, 0.05) is 31.1 Å². The van der Waals surface area contributed by atoms with Gasteiger partial charge >= 0.3 is 0 Å². The highest BCUT2D eigenvalue weighted by Crippen LogP contribution is 2.24. The Labute approximate surface area is 124 Å². The molecule has 0 aliphatic heterocycles. The fourth-order valence-electron chi connectivity index (χ4n) is 1.54. The molecule has 0 bridgehead atoms. The summed E-state index contributed by atoms with van der Waals surface area (Å²) in [4.78, 5) is 1.04. The molecule has 1 aromatic heterocycles. The first-order valence-electron chi connectivity index (χ1n) is 6.69. The molecule has 0 amide bonds. The molecule has 0 radical (unpaired) electrons. The lowest BCUT2D eigenvalue weighted by Crippen LogP contribution is -2.39. The van der Waals surface area contributed by atoms with E-state index in [1.807, 2.05) is 19.9 Å². The van der Waals surface area contributed by atoms with Gasteiger partial charge in [-0.15, -0.1) is 11.3 Å². The first kappa shape index (κ1) is 15.9. The summed E-state index contributed by atoms with van der Waals surface area (Å²) < 4.78 is 32.5. The summed E-state index contributed by atoms with van der Waals surface area (Å²) in [5, 5.41) is 3.38. The van der Waals surface area contributed by atoms with Crippen LogP contribution >= 0.6 is 11.3 Å². The highest BCUT2D eigenvalue weighted by molar-refractivity contribution is 7.91. The van der Waals surface area contributed by atoms with Gasteiger partial charge in [-0.1, -0.05) is 0 Å². The Hall–Kier alpha value is -0.470. The molecule has 1 aliphatic rings. The van der Waals surface area contributed by atoms with E-state index in [9.17, 15) is 8.42 Å². The minimum atomic E-state index is -3.44. The van der Waals surface area contributed by atoms with Crippen molar-refractivity contribution >= 4 is 21.4 Å². The van der Waals surface area contributed by atoms with Crippen molar-refractivity contribution in [2.24, 2.45) is 0 Å². The zero-order chi connectivity index (χ0) is 14.8. The zero-order valence-corrected chi connectivity index (χ0v) is 13.7. The van der Waals surface area contributed by atoms with Gasteiger partial charge in [0.2, 0.25) is 10.0 Å². The Morgan fingerprint density at radius 3 is 2.70 bits per heavy atom. The number of hydrogen-bond donors (Lipinski definition) is 2. The van der Waals surface area contributed by atoms with Crippen molar-refractivity contribution in [1.29, 1.82) is 0 Å². The van der Waals surface area contributed by atoms with Gasteiger partial charge in [0.1, 0.15) is 4.21 Å². The van der Waals surface area contributed by atoms with Gasteiger partial charge in [0.25, 0.3) is 0 Å². The fourth-order valence-corrected chi connectivity index (χ4v) is 4.09. The van der Waals surface area contributed by atoms with Gasteiger partial charge in [-0.25, -0.2) is 13.1 Å². The summed E-state index contributed by atoms with van der Waals surface area (Å²) >= 11 is 1.31. The number of ether oxygens (including phenoxy) is 1. The largest absolute Gasteiger partial charge is 0.377 e. The molecule has 1 heterocycles. The van der Waals surface area contributed by atoms with Crippen LogP contribution in [0.1, 0.15) is 31.6 Å². The summed E-state index contributed by atoms with van der Waals surface area (Å²) in [5.41, 5.74) is -0.513. The summed E-state index contributed by atoms with van der Waals surface area (Å²) in [5.74, 6) is 0. The van der Waals surface area contributed by atoms with Crippen molar-refractivity contribution in [2.75, 3.05) is 13.7 Å². The lowest BCUT2D eigenvalue weighted by Gasteiger charge is -2.22. The molecule has 20 heavy (non-hydrogen) atoms. The molecule has 7 heteroatoms. The van der Waals surface area contributed by atoms with Crippen LogP contribution in [-0.2, 0) is 21.3 Å². The Bertz CT molecular complexity index is 548. The molecule has 1 aromatic rings. The van der Waals surface area contributed by atoms with Gasteiger partial charge < -0.3 is 10.1 Å². The minimum absolute atomic E-state index is 0.249. The van der Waals surface area contributed by atoms with E-state index in [2.05, 4.69) is 10.0 Å². The molecule has 2 rings (SSSR count). The topological polar surface area (TPSA) is 67.4 Å². The first-order chi connectivity index (χ1) is 9.32. The maximum atomic E-state index is 12.2. The predicted octanol–water partition coefficient (Wildman–Crippen LogP) is 1.70. The number of thiophene rings is 1. The Balaban J connectivity index is 1.94. The molecule has 0 aromatic carbocycles. The molecule has 5 nitrogen and oxygen atoms in total. The van der Waals surface area contributed by atoms with Crippen LogP contribution in [0.4, 0.5) is 0 Å². The smallest absolute Gasteiger partial charge is 0.250 e. The van der Waals surface area contributed by atoms with Crippen LogP contribution in [0.5, 0.6) is 0 Å². The second-order valence-electron chi connectivity index (χ2n) is 5.66. The third kappa shape index (κ3) is 4.53. The quantitative estimate of drug-likeness (QED) is 0.765. The van der Waals surface area contributed by atoms with Gasteiger partial charge in [0.05, 0.1) is 5.60 Å². The second-order valence-corrected chi connectivity index (χ2v) is 8.83. The number of methoxy groups -OCH3 is 1. The van der Waals surface area contributed by atoms with Crippen LogP contribution in [-0.4, -0.2) is 33.7 Å². The van der Waals surface area contributed by atoms with E-state index in [0.717, 1.165) is 11.4 Å². The molecular formula is C13H22N2O3S2. The van der Waals surface area contributed by atoms with Crippen molar-refractivity contribution in [1.82, 2.24) is 10.0 Å². The van der Waals surface area contributed by atoms with Gasteiger partial charge in [-0.05, 0) is 38.8 Å². The van der Waals surface area contributed by atoms with Crippen molar-refractivity contribution in [3.8, 4) is 0 Å². The Morgan fingerprint density at radius 2 is 2.10 bits per heavy atom. The van der Waals surface area contributed by atoms with E-state index in [1.54, 1.807) is 13.2 Å². The SMILES string of the molecule is COC(C)(C)CNS(=O)(=O)c1ccc(CNC2CC2)s1. The molecule has 1 aliphatic carbocycles. The summed E-state index contributed by atoms with van der Waals surface area (Å²) in [6, 6.07) is 4.16. The highest BCUT2D eigenvalue weighted by Gasteiger charge is 2.24. The number of rotatable bonds is 8. The van der Waals surface area contributed by atoms with Gasteiger partial charge in [0.15, 0.2) is 0 Å². The van der Waals surface area contributed by atoms with Crippen LogP contribution in [0.15, 0.2) is 16.3 Å². The van der Waals surface area contributed by atoms with Crippen LogP contribution in [0.2, 0.25) is 0 Å². The average molecular weight is 318 g/mol. The number of nitrogens with one attached hydrogen (secondary N) is 2. The molecule has 2 N–H and O–H groups in total. The average Bonchev–Trinajstić information content (AvgIpc) is 3.10. The fraction of sp³-hybridized carbons (Fsp3) is 0.692. The monoisotopic (exact) mass is 318 g/mol. The van der Waals surface area contributed by atoms with E-state index in [-0.39, 0.29) is 6.54 Å². The predicted molar refractivity (Wildman–Crippen MR) is 80.5 cm³/mol. The van der Waals surface area contributed by atoms with E-state index in [4.69, 9.17) is 4.74 Å². The molecule has 1 fully saturated rings. The van der Waals surface area contributed by atoms with Crippen molar-refractivity contribution in [3.05, 3.63) is 17.0 Å². The summed E-state index contributed by atoms with van der Waals surface area (Å²) in [6.45, 7) is 4.68. The van der Waals surface area contributed by atoms with E-state index >= 15 is 0 Å². The summed E-state index contributed by atoms with van der Waals surface area (Å²) in [6.07, 6.45) is 2.45. The van der Waals surface area contributed by atoms with Gasteiger partial charge in [-0.3, -0.25) is 0 Å². The lowest BCUT2D eigenvalue weighted by atomic mass is 10.1. The van der Waals surface area contributed by atoms with E-state index in [1.165, 1.54) is 24.2 Å². The van der Waals surface area contributed by atoms with Crippen molar-refractivity contribution in [3.63, 3.8) is 0 Å². The van der Waals surface area contributed by atoms with E-state index < -0.39 is 15.6 Å². The molecule has 0 atom stereocenters. The van der Waals surface area contributed by atoms with Crippen LogP contribution in [0.3, 0.4) is 0 Å². The van der Waals surface area contributed by atoms with Crippen LogP contribution < -0.4 is 10.0 Å². The maximum Gasteiger partial charge on any atom is 0.250 e. The van der Waals surface area contributed by atoms with Crippen LogP contribution in [0.25, 0.3) is 0 Å². The molecule has 0 spiro atoms. The van der Waals surface area contributed by atoms with Crippen LogP contribution in [0, 0.1) is 0 Å². The Kier molecular flexibility index (Phi) is 4.86. The highest BCUT2D eigenvalue weighted by atomic mass is 32.2. The third-order valence-electron chi connectivity index (χ3n) is 3.28. The van der Waals surface area contributed by atoms with Crippen molar-refractivity contribution in [2.45, 2.75) is 49.1 Å². The standard InChI is InChI=1S/C13H22N2O3S2/c1-13(2,18-3)9-15-20(16,17)12-7-6-11(19-12)8-14-10-4-5-10/h6-7,10,14-15H,4-5,8-9H2,1-3H3. The number of hydrogen-bond acceptors (Lipinski definition) is 5. The Morgan fingerprint density at radius 1 is 1.40 bits per heavy atom.